The van der Waals surface area contributed by atoms with Crippen LogP contribution in [-0.4, -0.2) is 29.2 Å². The zero-order valence-corrected chi connectivity index (χ0v) is 14.7. The van der Waals surface area contributed by atoms with E-state index in [0.717, 1.165) is 5.01 Å². The molecular formula is C16H14F2N2O3S2. The molecule has 2 rings (SSSR count). The Balaban J connectivity index is 1.76. The summed E-state index contributed by atoms with van der Waals surface area (Å²) < 4.78 is 29.2. The maximum absolute atomic E-state index is 12.2. The summed E-state index contributed by atoms with van der Waals surface area (Å²) in [5.74, 6) is -3.69. The van der Waals surface area contributed by atoms with E-state index in [1.165, 1.54) is 47.8 Å². The Morgan fingerprint density at radius 3 is 2.68 bits per heavy atom. The van der Waals surface area contributed by atoms with Crippen molar-refractivity contribution in [3.8, 4) is 0 Å². The van der Waals surface area contributed by atoms with Crippen molar-refractivity contribution in [2.45, 2.75) is 17.6 Å². The number of nitrogens with one attached hydrogen (secondary N) is 1. The van der Waals surface area contributed by atoms with Crippen LogP contribution in [0.25, 0.3) is 6.08 Å². The molecule has 0 radical (unpaired) electrons. The number of amides is 1. The molecule has 1 N–H and O–H groups in total. The molecule has 0 aliphatic carbocycles. The molecule has 0 aliphatic rings. The molecule has 0 aliphatic heterocycles. The van der Waals surface area contributed by atoms with E-state index in [1.54, 1.807) is 5.38 Å². The molecule has 1 aromatic carbocycles. The normalized spacial score (nSPS) is 11.0. The van der Waals surface area contributed by atoms with Gasteiger partial charge in [-0.15, -0.1) is 11.3 Å². The summed E-state index contributed by atoms with van der Waals surface area (Å²) in [5, 5.41) is 5.18. The number of carbonyl (C=O) groups is 2. The first-order valence-electron chi connectivity index (χ1n) is 7.04. The molecule has 1 aromatic heterocycles. The van der Waals surface area contributed by atoms with Crippen molar-refractivity contribution in [1.82, 2.24) is 4.98 Å². The van der Waals surface area contributed by atoms with E-state index in [9.17, 15) is 18.4 Å². The Kier molecular flexibility index (Phi) is 7.08. The van der Waals surface area contributed by atoms with Crippen LogP contribution in [0.3, 0.4) is 0 Å². The molecule has 0 fully saturated rings. The number of ether oxygens (including phenoxy) is 1. The van der Waals surface area contributed by atoms with Gasteiger partial charge in [-0.3, -0.25) is 4.79 Å². The number of aryl methyl sites for hydroxylation is 1. The molecule has 1 amide bonds. The number of esters is 1. The lowest BCUT2D eigenvalue weighted by Gasteiger charge is -2.06. The second kappa shape index (κ2) is 9.28. The van der Waals surface area contributed by atoms with E-state index in [0.29, 0.717) is 28.0 Å². The first-order chi connectivity index (χ1) is 11.9. The molecule has 2 aromatic rings. The number of rotatable bonds is 7. The van der Waals surface area contributed by atoms with Crippen molar-refractivity contribution in [1.29, 1.82) is 0 Å². The number of anilines is 1. The summed E-state index contributed by atoms with van der Waals surface area (Å²) in [5.41, 5.74) is 1.07. The summed E-state index contributed by atoms with van der Waals surface area (Å²) in [6.07, 6.45) is 2.70. The molecule has 9 heteroatoms. The van der Waals surface area contributed by atoms with E-state index in [-0.39, 0.29) is 0 Å². The molecule has 1 heterocycles. The van der Waals surface area contributed by atoms with Gasteiger partial charge in [-0.1, -0.05) is 11.8 Å². The average Bonchev–Trinajstić information content (AvgIpc) is 2.98. The molecule has 0 atom stereocenters. The van der Waals surface area contributed by atoms with E-state index in [4.69, 9.17) is 4.74 Å². The summed E-state index contributed by atoms with van der Waals surface area (Å²) >= 11 is 1.88. The van der Waals surface area contributed by atoms with Crippen molar-refractivity contribution >= 4 is 46.7 Å². The molecule has 132 valence electrons. The van der Waals surface area contributed by atoms with Crippen molar-refractivity contribution < 1.29 is 23.1 Å². The second-order valence-corrected chi connectivity index (χ2v) is 6.81. The van der Waals surface area contributed by atoms with Crippen LogP contribution in [0, 0.1) is 6.92 Å². The highest BCUT2D eigenvalue weighted by atomic mass is 32.2. The fraction of sp³-hybridized carbons (Fsp3) is 0.188. The molecule has 0 spiro atoms. The van der Waals surface area contributed by atoms with Crippen LogP contribution in [0.2, 0.25) is 0 Å². The van der Waals surface area contributed by atoms with Crippen LogP contribution >= 0.6 is 23.1 Å². The largest absolute Gasteiger partial charge is 0.452 e. The lowest BCUT2D eigenvalue weighted by molar-refractivity contribution is -0.142. The van der Waals surface area contributed by atoms with Gasteiger partial charge >= 0.3 is 5.97 Å². The van der Waals surface area contributed by atoms with Crippen LogP contribution in [0.15, 0.2) is 40.6 Å². The molecule has 0 saturated heterocycles. The highest BCUT2D eigenvalue weighted by Crippen LogP contribution is 2.26. The summed E-state index contributed by atoms with van der Waals surface area (Å²) in [7, 11) is 0. The van der Waals surface area contributed by atoms with Gasteiger partial charge in [-0.25, -0.2) is 9.78 Å². The standard InChI is InChI=1S/C16H14F2N2O3S2/c1-10-19-12(9-24-10)4-7-15(22)23-8-14(21)20-11-2-5-13(6-3-11)25-16(17)18/h2-7,9,16H,8H2,1H3,(H,20,21)/b7-4+. The fourth-order valence-electron chi connectivity index (χ4n) is 1.71. The zero-order chi connectivity index (χ0) is 18.2. The number of aromatic nitrogens is 1. The topological polar surface area (TPSA) is 68.3 Å². The lowest BCUT2D eigenvalue weighted by atomic mass is 10.3. The number of benzene rings is 1. The monoisotopic (exact) mass is 384 g/mol. The van der Waals surface area contributed by atoms with E-state index >= 15 is 0 Å². The van der Waals surface area contributed by atoms with E-state index in [2.05, 4.69) is 10.3 Å². The number of carbonyl (C=O) groups excluding carboxylic acids is 2. The first kappa shape index (κ1) is 19.1. The predicted octanol–water partition coefficient (Wildman–Crippen LogP) is 3.96. The summed E-state index contributed by atoms with van der Waals surface area (Å²) in [6.45, 7) is 1.40. The lowest BCUT2D eigenvalue weighted by Crippen LogP contribution is -2.20. The van der Waals surface area contributed by atoms with Gasteiger partial charge in [0.1, 0.15) is 0 Å². The van der Waals surface area contributed by atoms with E-state index in [1.807, 2.05) is 6.92 Å². The maximum atomic E-state index is 12.2. The van der Waals surface area contributed by atoms with Gasteiger partial charge < -0.3 is 10.1 Å². The Morgan fingerprint density at radius 2 is 2.08 bits per heavy atom. The van der Waals surface area contributed by atoms with Gasteiger partial charge in [-0.2, -0.15) is 8.78 Å². The van der Waals surface area contributed by atoms with Gasteiger partial charge in [0.05, 0.1) is 10.7 Å². The number of nitrogens with zero attached hydrogens (tertiary/aromatic N) is 1. The van der Waals surface area contributed by atoms with Crippen molar-refractivity contribution in [2.75, 3.05) is 11.9 Å². The third-order valence-corrected chi connectivity index (χ3v) is 4.25. The highest BCUT2D eigenvalue weighted by molar-refractivity contribution is 7.99. The zero-order valence-electron chi connectivity index (χ0n) is 13.1. The minimum absolute atomic E-state index is 0.391. The summed E-state index contributed by atoms with van der Waals surface area (Å²) in [4.78, 5) is 27.8. The van der Waals surface area contributed by atoms with Crippen LogP contribution in [0.5, 0.6) is 0 Å². The molecule has 0 saturated carbocycles. The number of thiazole rings is 1. The Labute approximate surface area is 151 Å². The highest BCUT2D eigenvalue weighted by Gasteiger charge is 2.08. The Bertz CT molecular complexity index is 761. The smallest absolute Gasteiger partial charge is 0.331 e. The van der Waals surface area contributed by atoms with Crippen LogP contribution in [0.4, 0.5) is 14.5 Å². The molecule has 5 nitrogen and oxygen atoms in total. The van der Waals surface area contributed by atoms with Gasteiger partial charge in [0.15, 0.2) is 6.61 Å². The first-order valence-corrected chi connectivity index (χ1v) is 8.80. The number of hydrogen-bond acceptors (Lipinski definition) is 6. The molecule has 0 bridgehead atoms. The minimum Gasteiger partial charge on any atom is -0.452 e. The maximum Gasteiger partial charge on any atom is 0.331 e. The van der Waals surface area contributed by atoms with Gasteiger partial charge in [0.2, 0.25) is 0 Å². The Morgan fingerprint density at radius 1 is 1.36 bits per heavy atom. The van der Waals surface area contributed by atoms with E-state index < -0.39 is 24.2 Å². The molecule has 0 unspecified atom stereocenters. The average molecular weight is 384 g/mol. The summed E-state index contributed by atoms with van der Waals surface area (Å²) in [6, 6.07) is 5.93. The van der Waals surface area contributed by atoms with Crippen molar-refractivity contribution in [3.63, 3.8) is 0 Å². The van der Waals surface area contributed by atoms with Crippen molar-refractivity contribution in [3.05, 3.63) is 46.4 Å². The molecular weight excluding hydrogens is 370 g/mol. The number of alkyl halides is 2. The number of hydrogen-bond donors (Lipinski definition) is 1. The van der Waals surface area contributed by atoms with Gasteiger partial charge in [-0.05, 0) is 37.3 Å². The van der Waals surface area contributed by atoms with Crippen molar-refractivity contribution in [2.24, 2.45) is 0 Å². The van der Waals surface area contributed by atoms with Gasteiger partial charge in [0.25, 0.3) is 11.7 Å². The Hall–Kier alpha value is -2.26. The second-order valence-electron chi connectivity index (χ2n) is 4.68. The van der Waals surface area contributed by atoms with Gasteiger partial charge in [0, 0.05) is 22.0 Å². The van der Waals surface area contributed by atoms with Crippen LogP contribution < -0.4 is 5.32 Å². The minimum atomic E-state index is -2.50. The fourth-order valence-corrected chi connectivity index (χ4v) is 2.79. The number of halogens is 2. The third-order valence-electron chi connectivity index (χ3n) is 2.74. The molecule has 25 heavy (non-hydrogen) atoms. The van der Waals surface area contributed by atoms with Crippen LogP contribution in [0.1, 0.15) is 10.7 Å². The number of thioether (sulfide) groups is 1. The SMILES string of the molecule is Cc1nc(/C=C/C(=O)OCC(=O)Nc2ccc(SC(F)F)cc2)cs1. The third kappa shape index (κ3) is 7.02. The predicted molar refractivity (Wildman–Crippen MR) is 93.8 cm³/mol. The quantitative estimate of drug-likeness (QED) is 0.445. The van der Waals surface area contributed by atoms with Crippen LogP contribution in [-0.2, 0) is 14.3 Å².